The molecule has 33 heavy (non-hydrogen) atoms. The second-order valence-electron chi connectivity index (χ2n) is 7.57. The Labute approximate surface area is 194 Å². The van der Waals surface area contributed by atoms with Gasteiger partial charge in [0.05, 0.1) is 12.2 Å². The van der Waals surface area contributed by atoms with E-state index in [0.717, 1.165) is 34.6 Å². The van der Waals surface area contributed by atoms with Gasteiger partial charge in [-0.25, -0.2) is 4.79 Å². The van der Waals surface area contributed by atoms with Crippen LogP contribution in [0.2, 0.25) is 0 Å². The molecule has 0 aliphatic carbocycles. The van der Waals surface area contributed by atoms with Gasteiger partial charge in [0, 0.05) is 22.8 Å². The summed E-state index contributed by atoms with van der Waals surface area (Å²) in [5, 5.41) is 12.5. The van der Waals surface area contributed by atoms with Gasteiger partial charge in [-0.3, -0.25) is 4.79 Å². The summed E-state index contributed by atoms with van der Waals surface area (Å²) in [7, 11) is 0. The van der Waals surface area contributed by atoms with E-state index in [4.69, 9.17) is 4.74 Å². The number of benzene rings is 2. The molecule has 0 saturated heterocycles. The molecule has 6 heteroatoms. The number of ether oxygens (including phenoxy) is 1. The van der Waals surface area contributed by atoms with E-state index in [9.17, 15) is 14.9 Å². The highest BCUT2D eigenvalue weighted by atomic mass is 16.5. The van der Waals surface area contributed by atoms with Crippen molar-refractivity contribution in [1.82, 2.24) is 4.57 Å². The molecule has 0 aliphatic rings. The van der Waals surface area contributed by atoms with Gasteiger partial charge >= 0.3 is 5.97 Å². The summed E-state index contributed by atoms with van der Waals surface area (Å²) in [5.41, 5.74) is 5.50. The van der Waals surface area contributed by atoms with E-state index in [1.165, 1.54) is 0 Å². The number of aromatic nitrogens is 1. The lowest BCUT2D eigenvalue weighted by Gasteiger charge is -2.11. The van der Waals surface area contributed by atoms with Gasteiger partial charge in [-0.05, 0) is 74.7 Å². The molecule has 168 valence electrons. The summed E-state index contributed by atoms with van der Waals surface area (Å²) in [6, 6.07) is 18.7. The van der Waals surface area contributed by atoms with E-state index in [1.54, 1.807) is 31.2 Å². The molecule has 2 aromatic carbocycles. The number of rotatable bonds is 7. The summed E-state index contributed by atoms with van der Waals surface area (Å²) in [4.78, 5) is 24.9. The Bertz CT molecular complexity index is 1260. The van der Waals surface area contributed by atoms with Crippen LogP contribution < -0.4 is 5.32 Å². The Hall–Kier alpha value is -4.11. The maximum Gasteiger partial charge on any atom is 0.338 e. The number of amides is 1. The van der Waals surface area contributed by atoms with Gasteiger partial charge in [0.25, 0.3) is 5.91 Å². The van der Waals surface area contributed by atoms with Crippen LogP contribution in [0.4, 0.5) is 5.69 Å². The van der Waals surface area contributed by atoms with E-state index in [1.807, 2.05) is 67.8 Å². The first kappa shape index (κ1) is 23.6. The van der Waals surface area contributed by atoms with Gasteiger partial charge in [-0.15, -0.1) is 0 Å². The highest BCUT2D eigenvalue weighted by molar-refractivity contribution is 6.10. The van der Waals surface area contributed by atoms with Gasteiger partial charge in [0.2, 0.25) is 0 Å². The number of aryl methyl sites for hydroxylation is 2. The number of nitriles is 1. The smallest absolute Gasteiger partial charge is 0.338 e. The van der Waals surface area contributed by atoms with Crippen molar-refractivity contribution in [3.63, 3.8) is 0 Å². The summed E-state index contributed by atoms with van der Waals surface area (Å²) < 4.78 is 7.09. The zero-order valence-electron chi connectivity index (χ0n) is 19.3. The number of carbonyl (C=O) groups is 2. The van der Waals surface area contributed by atoms with Crippen LogP contribution in [0.3, 0.4) is 0 Å². The largest absolute Gasteiger partial charge is 0.462 e. The second-order valence-corrected chi connectivity index (χ2v) is 7.57. The van der Waals surface area contributed by atoms with Crippen molar-refractivity contribution in [2.24, 2.45) is 0 Å². The zero-order valence-corrected chi connectivity index (χ0v) is 19.3. The molecule has 6 nitrogen and oxygen atoms in total. The van der Waals surface area contributed by atoms with Gasteiger partial charge in [-0.2, -0.15) is 5.26 Å². The lowest BCUT2D eigenvalue weighted by atomic mass is 10.1. The monoisotopic (exact) mass is 441 g/mol. The number of carbonyl (C=O) groups excluding carboxylic acids is 2. The van der Waals surface area contributed by atoms with Crippen molar-refractivity contribution in [3.05, 3.63) is 88.2 Å². The Morgan fingerprint density at radius 3 is 2.55 bits per heavy atom. The molecule has 1 N–H and O–H groups in total. The van der Waals surface area contributed by atoms with E-state index in [2.05, 4.69) is 5.32 Å². The molecule has 0 spiro atoms. The zero-order chi connectivity index (χ0) is 24.0. The fraction of sp³-hybridized carbons (Fsp3) is 0.222. The SMILES string of the molecule is CCOC(=O)c1cccc(-n2c(C)cc(/C=C(/C#N)C(=O)Nc3ccccc3CC)c2C)c1. The second kappa shape index (κ2) is 10.5. The van der Waals surface area contributed by atoms with Crippen molar-refractivity contribution >= 4 is 23.6 Å². The first-order valence-electron chi connectivity index (χ1n) is 10.9. The summed E-state index contributed by atoms with van der Waals surface area (Å²) in [6.45, 7) is 7.93. The molecule has 3 rings (SSSR count). The normalized spacial score (nSPS) is 11.1. The van der Waals surface area contributed by atoms with Gasteiger partial charge in [0.15, 0.2) is 0 Å². The van der Waals surface area contributed by atoms with Crippen LogP contribution in [0.25, 0.3) is 11.8 Å². The minimum absolute atomic E-state index is 0.0152. The van der Waals surface area contributed by atoms with E-state index in [-0.39, 0.29) is 11.5 Å². The highest BCUT2D eigenvalue weighted by Gasteiger charge is 2.16. The molecule has 0 saturated carbocycles. The van der Waals surface area contributed by atoms with Crippen molar-refractivity contribution in [3.8, 4) is 11.8 Å². The fourth-order valence-corrected chi connectivity index (χ4v) is 3.76. The van der Waals surface area contributed by atoms with E-state index >= 15 is 0 Å². The summed E-state index contributed by atoms with van der Waals surface area (Å²) >= 11 is 0. The molecular formula is C27H27N3O3. The van der Waals surface area contributed by atoms with Gasteiger partial charge < -0.3 is 14.6 Å². The lowest BCUT2D eigenvalue weighted by molar-refractivity contribution is -0.112. The Morgan fingerprint density at radius 1 is 1.09 bits per heavy atom. The van der Waals surface area contributed by atoms with Crippen LogP contribution in [-0.2, 0) is 16.0 Å². The first-order valence-corrected chi connectivity index (χ1v) is 10.9. The Kier molecular flexibility index (Phi) is 7.47. The molecule has 1 aromatic heterocycles. The summed E-state index contributed by atoms with van der Waals surface area (Å²) in [6.07, 6.45) is 2.37. The quantitative estimate of drug-likeness (QED) is 0.303. The predicted molar refractivity (Wildman–Crippen MR) is 129 cm³/mol. The van der Waals surface area contributed by atoms with Crippen LogP contribution >= 0.6 is 0 Å². The van der Waals surface area contributed by atoms with E-state index in [0.29, 0.717) is 17.9 Å². The Morgan fingerprint density at radius 2 is 1.85 bits per heavy atom. The van der Waals surface area contributed by atoms with Crippen LogP contribution in [-0.4, -0.2) is 23.1 Å². The van der Waals surface area contributed by atoms with E-state index < -0.39 is 5.91 Å². The number of nitrogens with zero attached hydrogens (tertiary/aromatic N) is 2. The Balaban J connectivity index is 1.94. The van der Waals surface area contributed by atoms with Crippen molar-refractivity contribution in [1.29, 1.82) is 5.26 Å². The molecule has 0 fully saturated rings. The third-order valence-electron chi connectivity index (χ3n) is 5.40. The maximum absolute atomic E-state index is 12.8. The highest BCUT2D eigenvalue weighted by Crippen LogP contribution is 2.24. The number of anilines is 1. The molecule has 3 aromatic rings. The van der Waals surface area contributed by atoms with Gasteiger partial charge in [-0.1, -0.05) is 31.2 Å². The third-order valence-corrected chi connectivity index (χ3v) is 5.40. The number of nitrogens with one attached hydrogen (secondary N) is 1. The minimum Gasteiger partial charge on any atom is -0.462 e. The third kappa shape index (κ3) is 5.21. The van der Waals surface area contributed by atoms with Crippen molar-refractivity contribution in [2.45, 2.75) is 34.1 Å². The molecule has 0 unspecified atom stereocenters. The topological polar surface area (TPSA) is 84.1 Å². The first-order chi connectivity index (χ1) is 15.9. The maximum atomic E-state index is 12.8. The molecular weight excluding hydrogens is 414 g/mol. The summed E-state index contributed by atoms with van der Waals surface area (Å²) in [5.74, 6) is -0.828. The molecule has 0 aliphatic heterocycles. The average molecular weight is 442 g/mol. The minimum atomic E-state index is -0.451. The van der Waals surface area contributed by atoms with Crippen LogP contribution in [0, 0.1) is 25.2 Å². The van der Waals surface area contributed by atoms with Crippen LogP contribution in [0.1, 0.15) is 46.7 Å². The molecule has 0 bridgehead atoms. The molecule has 1 heterocycles. The standard InChI is InChI=1S/C27H27N3O3/c1-5-20-10-7-8-13-25(20)29-26(31)23(17-28)15-22-14-18(3)30(19(22)4)24-12-9-11-21(16-24)27(32)33-6-2/h7-16H,5-6H2,1-4H3,(H,29,31)/b23-15-. The van der Waals surface area contributed by atoms with Gasteiger partial charge in [0.1, 0.15) is 11.6 Å². The number of hydrogen-bond acceptors (Lipinski definition) is 4. The number of hydrogen-bond donors (Lipinski definition) is 1. The van der Waals surface area contributed by atoms with Crippen LogP contribution in [0.15, 0.2) is 60.2 Å². The lowest BCUT2D eigenvalue weighted by Crippen LogP contribution is -2.14. The average Bonchev–Trinajstić information content (AvgIpc) is 3.10. The van der Waals surface area contributed by atoms with Crippen molar-refractivity contribution in [2.75, 3.05) is 11.9 Å². The molecule has 0 radical (unpaired) electrons. The molecule has 1 amide bonds. The predicted octanol–water partition coefficient (Wildman–Crippen LogP) is 5.38. The fourth-order valence-electron chi connectivity index (χ4n) is 3.76. The number of para-hydroxylation sites is 1. The number of esters is 1. The molecule has 0 atom stereocenters. The van der Waals surface area contributed by atoms with Crippen molar-refractivity contribution < 1.29 is 14.3 Å². The van der Waals surface area contributed by atoms with Crippen LogP contribution in [0.5, 0.6) is 0 Å².